The minimum absolute atomic E-state index is 0.136. The van der Waals surface area contributed by atoms with Crippen molar-refractivity contribution in [3.05, 3.63) is 295 Å². The van der Waals surface area contributed by atoms with Crippen LogP contribution >= 0.6 is 0 Å². The highest BCUT2D eigenvalue weighted by Crippen LogP contribution is 2.54. The van der Waals surface area contributed by atoms with Crippen LogP contribution in [-0.2, 0) is 10.8 Å². The van der Waals surface area contributed by atoms with Crippen LogP contribution in [0.25, 0.3) is 77.9 Å². The fraction of sp³-hybridized carbons (Fsp3) is 0.0704. The third-order valence-electron chi connectivity index (χ3n) is 15.8. The maximum atomic E-state index is 2.44. The first-order valence-electron chi connectivity index (χ1n) is 25.2. The van der Waals surface area contributed by atoms with Gasteiger partial charge >= 0.3 is 0 Å². The second-order valence-corrected chi connectivity index (χ2v) is 20.2. The minimum atomic E-state index is -0.263. The molecule has 0 aliphatic heterocycles. The van der Waals surface area contributed by atoms with Crippen LogP contribution < -0.4 is 4.90 Å². The zero-order valence-corrected chi connectivity index (χ0v) is 40.9. The van der Waals surface area contributed by atoms with Crippen LogP contribution in [0.5, 0.6) is 0 Å². The van der Waals surface area contributed by atoms with Gasteiger partial charge < -0.3 is 4.90 Å². The summed E-state index contributed by atoms with van der Waals surface area (Å²) in [5.74, 6) is 0. The van der Waals surface area contributed by atoms with Gasteiger partial charge in [0.15, 0.2) is 0 Å². The largest absolute Gasteiger partial charge is 0.310 e. The summed E-state index contributed by atoms with van der Waals surface area (Å²) in [5.41, 5.74) is 27.0. The topological polar surface area (TPSA) is 3.24 Å². The number of nitrogens with zero attached hydrogens (tertiary/aromatic N) is 1. The fourth-order valence-electron chi connectivity index (χ4n) is 12.2. The Kier molecular flexibility index (Phi) is 10.4. The molecule has 0 saturated heterocycles. The van der Waals surface area contributed by atoms with Gasteiger partial charge in [0, 0.05) is 27.9 Å². The Labute approximate surface area is 424 Å². The molecule has 0 aromatic heterocycles. The van der Waals surface area contributed by atoms with E-state index in [0.717, 1.165) is 17.1 Å². The second-order valence-electron chi connectivity index (χ2n) is 20.2. The van der Waals surface area contributed by atoms with Crippen molar-refractivity contribution < 1.29 is 0 Å². The standard InChI is InChI=1S/C71H53N/c1-70(2)66-31-15-13-28-62(66)64-30-18-29-60(69(64)70)54-23-17-26-58(45-54)72(56-39-33-48(34-40-56)52-37-43-59(50-19-7-4-8-20-50)65(46-52)51-21-9-5-10-22-51)57-41-35-49(36-42-57)53-38-44-63-61-27-14-16-32-67(61)71(3,68(63)47-53)55-24-11-6-12-25-55/h4-47H,1-3H3. The summed E-state index contributed by atoms with van der Waals surface area (Å²) in [4.78, 5) is 2.42. The zero-order chi connectivity index (χ0) is 48.4. The van der Waals surface area contributed by atoms with E-state index in [0.29, 0.717) is 0 Å². The average molecular weight is 920 g/mol. The van der Waals surface area contributed by atoms with E-state index in [1.165, 1.54) is 106 Å². The van der Waals surface area contributed by atoms with Gasteiger partial charge in [-0.25, -0.2) is 0 Å². The first kappa shape index (κ1) is 43.3. The first-order chi connectivity index (χ1) is 35.3. The van der Waals surface area contributed by atoms with Gasteiger partial charge in [0.1, 0.15) is 0 Å². The molecule has 0 N–H and O–H groups in total. The first-order valence-corrected chi connectivity index (χ1v) is 25.2. The third kappa shape index (κ3) is 7.07. The van der Waals surface area contributed by atoms with Crippen LogP contribution in [-0.4, -0.2) is 0 Å². The molecule has 0 heterocycles. The van der Waals surface area contributed by atoms with Gasteiger partial charge in [-0.1, -0.05) is 232 Å². The molecule has 1 unspecified atom stereocenters. The smallest absolute Gasteiger partial charge is 0.0467 e. The number of hydrogen-bond donors (Lipinski definition) is 0. The van der Waals surface area contributed by atoms with Gasteiger partial charge in [-0.05, 0) is 161 Å². The predicted octanol–water partition coefficient (Wildman–Crippen LogP) is 19.1. The summed E-state index contributed by atoms with van der Waals surface area (Å²) in [6.07, 6.45) is 0. The van der Waals surface area contributed by atoms with Crippen molar-refractivity contribution in [3.8, 4) is 77.9 Å². The SMILES string of the molecule is CC1(C)c2ccccc2-c2cccc(-c3cccc(N(c4ccc(-c5ccc(-c6ccccc6)c(-c6ccccc6)c5)cc4)c4ccc(-c5ccc6c(c5)C(C)(c5ccccc5)c5ccccc5-6)cc4)c3)c21. The quantitative estimate of drug-likeness (QED) is 0.139. The van der Waals surface area contributed by atoms with E-state index in [2.05, 4.69) is 293 Å². The molecule has 0 radical (unpaired) electrons. The molecule has 11 aromatic carbocycles. The number of benzene rings is 11. The lowest BCUT2D eigenvalue weighted by Gasteiger charge is -2.29. The molecule has 11 aromatic rings. The molecule has 1 heteroatoms. The van der Waals surface area contributed by atoms with E-state index >= 15 is 0 Å². The van der Waals surface area contributed by atoms with Gasteiger partial charge in [-0.15, -0.1) is 0 Å². The van der Waals surface area contributed by atoms with E-state index in [-0.39, 0.29) is 10.8 Å². The van der Waals surface area contributed by atoms with Crippen LogP contribution in [0, 0.1) is 0 Å². The molecule has 342 valence electrons. The normalized spacial score (nSPS) is 14.8. The maximum Gasteiger partial charge on any atom is 0.0467 e. The van der Waals surface area contributed by atoms with E-state index in [1.54, 1.807) is 0 Å². The summed E-state index contributed by atoms with van der Waals surface area (Å²) in [6.45, 7) is 7.14. The molecule has 0 spiro atoms. The van der Waals surface area contributed by atoms with Crippen molar-refractivity contribution in [1.82, 2.24) is 0 Å². The van der Waals surface area contributed by atoms with Crippen LogP contribution in [0.15, 0.2) is 267 Å². The summed E-state index contributed by atoms with van der Waals surface area (Å²) < 4.78 is 0. The molecule has 2 aliphatic carbocycles. The minimum Gasteiger partial charge on any atom is -0.310 e. The monoisotopic (exact) mass is 919 g/mol. The average Bonchev–Trinajstić information content (AvgIpc) is 3.85. The number of rotatable bonds is 9. The van der Waals surface area contributed by atoms with Crippen molar-refractivity contribution in [2.75, 3.05) is 4.90 Å². The van der Waals surface area contributed by atoms with Crippen molar-refractivity contribution in [2.24, 2.45) is 0 Å². The lowest BCUT2D eigenvalue weighted by Crippen LogP contribution is -2.22. The van der Waals surface area contributed by atoms with Gasteiger partial charge in [-0.2, -0.15) is 0 Å². The highest BCUT2D eigenvalue weighted by Gasteiger charge is 2.41. The van der Waals surface area contributed by atoms with Crippen molar-refractivity contribution >= 4 is 17.1 Å². The number of fused-ring (bicyclic) bond motifs is 6. The van der Waals surface area contributed by atoms with Crippen molar-refractivity contribution in [3.63, 3.8) is 0 Å². The molecule has 72 heavy (non-hydrogen) atoms. The summed E-state index contributed by atoms with van der Waals surface area (Å²) in [5, 5.41) is 0. The molecule has 2 aliphatic rings. The maximum absolute atomic E-state index is 2.44. The molecule has 0 amide bonds. The lowest BCUT2D eigenvalue weighted by atomic mass is 9.74. The zero-order valence-electron chi connectivity index (χ0n) is 40.9. The van der Waals surface area contributed by atoms with E-state index in [1.807, 2.05) is 0 Å². The Morgan fingerprint density at radius 3 is 1.36 bits per heavy atom. The van der Waals surface area contributed by atoms with Crippen molar-refractivity contribution in [1.29, 1.82) is 0 Å². The van der Waals surface area contributed by atoms with Gasteiger partial charge in [-0.3, -0.25) is 0 Å². The summed E-state index contributed by atoms with van der Waals surface area (Å²) in [7, 11) is 0. The Bertz CT molecular complexity index is 3810. The Morgan fingerprint density at radius 2 is 0.708 bits per heavy atom. The molecule has 1 atom stereocenters. The van der Waals surface area contributed by atoms with E-state index in [4.69, 9.17) is 0 Å². The van der Waals surface area contributed by atoms with Gasteiger partial charge in [0.25, 0.3) is 0 Å². The van der Waals surface area contributed by atoms with Crippen LogP contribution in [0.3, 0.4) is 0 Å². The molecular weight excluding hydrogens is 867 g/mol. The Morgan fingerprint density at radius 1 is 0.250 bits per heavy atom. The summed E-state index contributed by atoms with van der Waals surface area (Å²) in [6, 6.07) is 98.6. The molecule has 0 saturated carbocycles. The van der Waals surface area contributed by atoms with Crippen LogP contribution in [0.1, 0.15) is 48.6 Å². The predicted molar refractivity (Wildman–Crippen MR) is 303 cm³/mol. The van der Waals surface area contributed by atoms with Crippen LogP contribution in [0.4, 0.5) is 17.1 Å². The van der Waals surface area contributed by atoms with Gasteiger partial charge in [0.05, 0.1) is 0 Å². The molecule has 13 rings (SSSR count). The summed E-state index contributed by atoms with van der Waals surface area (Å²) >= 11 is 0. The van der Waals surface area contributed by atoms with Crippen LogP contribution in [0.2, 0.25) is 0 Å². The highest BCUT2D eigenvalue weighted by atomic mass is 15.1. The fourth-order valence-corrected chi connectivity index (χ4v) is 12.2. The number of hydrogen-bond acceptors (Lipinski definition) is 1. The molecule has 0 fully saturated rings. The Hall–Kier alpha value is -8.78. The Balaban J connectivity index is 0.910. The second kappa shape index (κ2) is 17.3. The molecule has 0 bridgehead atoms. The van der Waals surface area contributed by atoms with E-state index < -0.39 is 0 Å². The highest BCUT2D eigenvalue weighted by molar-refractivity contribution is 5.92. The number of anilines is 3. The van der Waals surface area contributed by atoms with Gasteiger partial charge in [0.2, 0.25) is 0 Å². The molecule has 1 nitrogen and oxygen atoms in total. The van der Waals surface area contributed by atoms with E-state index in [9.17, 15) is 0 Å². The van der Waals surface area contributed by atoms with Crippen molar-refractivity contribution in [2.45, 2.75) is 31.6 Å². The lowest BCUT2D eigenvalue weighted by molar-refractivity contribution is 0.662. The molecular formula is C71H53N. The third-order valence-corrected chi connectivity index (χ3v) is 15.8.